The number of nitrogens with zero attached hydrogens (tertiary/aromatic N) is 4. The Hall–Kier alpha value is -2.72. The summed E-state index contributed by atoms with van der Waals surface area (Å²) in [5.74, 6) is -0.678. The minimum absolute atomic E-state index is 0.0792. The van der Waals surface area contributed by atoms with E-state index in [-0.39, 0.29) is 23.6 Å². The van der Waals surface area contributed by atoms with Crippen LogP contribution in [-0.2, 0) is 6.18 Å². The predicted octanol–water partition coefficient (Wildman–Crippen LogP) is 3.89. The zero-order chi connectivity index (χ0) is 25.2. The van der Waals surface area contributed by atoms with E-state index in [0.717, 1.165) is 49.4 Å². The molecular formula is C25H32F3N5O2. The maximum absolute atomic E-state index is 13.0. The molecule has 7 nitrogen and oxygen atoms in total. The zero-order valence-corrected chi connectivity index (χ0v) is 20.1. The van der Waals surface area contributed by atoms with Crippen molar-refractivity contribution >= 4 is 5.91 Å². The van der Waals surface area contributed by atoms with Crippen molar-refractivity contribution < 1.29 is 22.7 Å². The van der Waals surface area contributed by atoms with E-state index in [2.05, 4.69) is 34.8 Å². The smallest absolute Gasteiger partial charge is 0.451 e. The number of carbonyl (C=O) groups is 1. The van der Waals surface area contributed by atoms with Crippen LogP contribution in [0, 0.1) is 13.8 Å². The third-order valence-electron chi connectivity index (χ3n) is 7.13. The molecule has 2 N–H and O–H groups in total. The summed E-state index contributed by atoms with van der Waals surface area (Å²) in [7, 11) is 0. The number of carbonyl (C=O) groups excluding carboxylic acids is 1. The molecule has 0 bridgehead atoms. The van der Waals surface area contributed by atoms with Crippen LogP contribution in [-0.4, -0.2) is 64.5 Å². The summed E-state index contributed by atoms with van der Waals surface area (Å²) in [4.78, 5) is 23.8. The third-order valence-corrected chi connectivity index (χ3v) is 7.13. The summed E-state index contributed by atoms with van der Waals surface area (Å²) in [5.41, 5.74) is 9.30. The number of amides is 1. The summed E-state index contributed by atoms with van der Waals surface area (Å²) >= 11 is 0. The van der Waals surface area contributed by atoms with Crippen molar-refractivity contribution in [2.24, 2.45) is 5.73 Å². The normalized spacial score (nSPS) is 21.0. The first kappa shape index (κ1) is 25.4. The van der Waals surface area contributed by atoms with Gasteiger partial charge in [-0.05, 0) is 68.8 Å². The zero-order valence-electron chi connectivity index (χ0n) is 20.1. The quantitative estimate of drug-likeness (QED) is 0.618. The minimum atomic E-state index is -4.63. The Morgan fingerprint density at radius 2 is 1.89 bits per heavy atom. The van der Waals surface area contributed by atoms with E-state index in [1.807, 2.05) is 6.07 Å². The topological polar surface area (TPSA) is 84.6 Å². The van der Waals surface area contributed by atoms with Crippen LogP contribution in [0.15, 0.2) is 24.5 Å². The highest BCUT2D eigenvalue weighted by Crippen LogP contribution is 2.39. The average Bonchev–Trinajstić information content (AvgIpc) is 2.85. The molecule has 1 amide bonds. The van der Waals surface area contributed by atoms with Gasteiger partial charge in [0.15, 0.2) is 0 Å². The largest absolute Gasteiger partial charge is 0.493 e. The molecule has 4 rings (SSSR count). The number of piperidine rings is 1. The monoisotopic (exact) mass is 491 g/mol. The Morgan fingerprint density at radius 1 is 1.14 bits per heavy atom. The average molecular weight is 492 g/mol. The molecule has 190 valence electrons. The Bertz CT molecular complexity index is 1040. The van der Waals surface area contributed by atoms with Crippen molar-refractivity contribution in [3.8, 4) is 5.75 Å². The second-order valence-electron chi connectivity index (χ2n) is 9.28. The number of fused-ring (bicyclic) bond motifs is 1. The van der Waals surface area contributed by atoms with Gasteiger partial charge >= 0.3 is 6.18 Å². The standard InChI is InChI=1S/C25H32F3N5O2/c1-16-17(2)22(35-12-4-9-29)8-7-20(16)21-6-3-5-19-15-32(10-11-33(19)21)23(34)18-13-30-24(31-14-18)25(26,27)28/h7-8,13-14,19,21H,3-6,9-12,15,29H2,1-2H3/t19?,21-/m1/s1. The van der Waals surface area contributed by atoms with Crippen molar-refractivity contribution in [3.05, 3.63) is 52.6 Å². The number of rotatable bonds is 6. The van der Waals surface area contributed by atoms with Crippen LogP contribution in [0.2, 0.25) is 0 Å². The highest BCUT2D eigenvalue weighted by Gasteiger charge is 2.38. The van der Waals surface area contributed by atoms with E-state index in [1.165, 1.54) is 11.1 Å². The second kappa shape index (κ2) is 10.5. The van der Waals surface area contributed by atoms with Crippen molar-refractivity contribution in [1.82, 2.24) is 19.8 Å². The number of nitrogens with two attached hydrogens (primary N) is 1. The molecule has 1 aromatic heterocycles. The van der Waals surface area contributed by atoms with Gasteiger partial charge in [0.25, 0.3) is 5.91 Å². The lowest BCUT2D eigenvalue weighted by atomic mass is 9.86. The summed E-state index contributed by atoms with van der Waals surface area (Å²) in [6.45, 7) is 7.16. The number of benzene rings is 1. The number of hydrogen-bond donors (Lipinski definition) is 1. The molecule has 10 heteroatoms. The maximum Gasteiger partial charge on any atom is 0.451 e. The Labute approximate surface area is 203 Å². The summed E-state index contributed by atoms with van der Waals surface area (Å²) in [6, 6.07) is 4.66. The van der Waals surface area contributed by atoms with Crippen LogP contribution >= 0.6 is 0 Å². The van der Waals surface area contributed by atoms with Gasteiger partial charge in [0.2, 0.25) is 5.82 Å². The molecule has 0 spiro atoms. The molecule has 0 saturated carbocycles. The van der Waals surface area contributed by atoms with Gasteiger partial charge in [-0.2, -0.15) is 13.2 Å². The van der Waals surface area contributed by atoms with E-state index in [1.54, 1.807) is 4.90 Å². The van der Waals surface area contributed by atoms with Crippen molar-refractivity contribution in [3.63, 3.8) is 0 Å². The maximum atomic E-state index is 13.0. The summed E-state index contributed by atoms with van der Waals surface area (Å²) in [6.07, 6.45) is 1.19. The van der Waals surface area contributed by atoms with Crippen molar-refractivity contribution in [1.29, 1.82) is 0 Å². The molecule has 2 saturated heterocycles. The van der Waals surface area contributed by atoms with Gasteiger partial charge in [-0.25, -0.2) is 9.97 Å². The van der Waals surface area contributed by atoms with Crippen molar-refractivity contribution in [2.45, 2.75) is 57.8 Å². The Kier molecular flexibility index (Phi) is 7.61. The van der Waals surface area contributed by atoms with Gasteiger partial charge in [-0.15, -0.1) is 0 Å². The molecule has 0 radical (unpaired) electrons. The highest BCUT2D eigenvalue weighted by atomic mass is 19.4. The van der Waals surface area contributed by atoms with Crippen LogP contribution in [0.3, 0.4) is 0 Å². The lowest BCUT2D eigenvalue weighted by Crippen LogP contribution is -2.57. The lowest BCUT2D eigenvalue weighted by molar-refractivity contribution is -0.145. The fraction of sp³-hybridized carbons (Fsp3) is 0.560. The molecule has 2 fully saturated rings. The van der Waals surface area contributed by atoms with E-state index in [0.29, 0.717) is 32.8 Å². The number of hydrogen-bond acceptors (Lipinski definition) is 6. The first-order chi connectivity index (χ1) is 16.7. The molecule has 3 heterocycles. The van der Waals surface area contributed by atoms with Gasteiger partial charge in [0.05, 0.1) is 12.2 Å². The van der Waals surface area contributed by atoms with Crippen LogP contribution in [0.5, 0.6) is 5.75 Å². The number of halogens is 3. The van der Waals surface area contributed by atoms with Gasteiger partial charge in [-0.1, -0.05) is 6.07 Å². The van der Waals surface area contributed by atoms with Gasteiger partial charge in [-0.3, -0.25) is 9.69 Å². The number of aromatic nitrogens is 2. The summed E-state index contributed by atoms with van der Waals surface area (Å²) in [5, 5.41) is 0. The fourth-order valence-corrected chi connectivity index (χ4v) is 5.14. The first-order valence-corrected chi connectivity index (χ1v) is 12.1. The highest BCUT2D eigenvalue weighted by molar-refractivity contribution is 5.93. The van der Waals surface area contributed by atoms with Crippen LogP contribution in [0.25, 0.3) is 0 Å². The van der Waals surface area contributed by atoms with E-state index >= 15 is 0 Å². The van der Waals surface area contributed by atoms with Gasteiger partial charge < -0.3 is 15.4 Å². The van der Waals surface area contributed by atoms with Gasteiger partial charge in [0.1, 0.15) is 5.75 Å². The van der Waals surface area contributed by atoms with E-state index in [4.69, 9.17) is 10.5 Å². The molecule has 35 heavy (non-hydrogen) atoms. The Morgan fingerprint density at radius 3 is 2.57 bits per heavy atom. The second-order valence-corrected chi connectivity index (χ2v) is 9.28. The van der Waals surface area contributed by atoms with Crippen LogP contribution in [0.4, 0.5) is 13.2 Å². The number of ether oxygens (including phenoxy) is 1. The fourth-order valence-electron chi connectivity index (χ4n) is 5.14. The minimum Gasteiger partial charge on any atom is -0.493 e. The molecule has 1 unspecified atom stereocenters. The van der Waals surface area contributed by atoms with Crippen molar-refractivity contribution in [2.75, 3.05) is 32.8 Å². The first-order valence-electron chi connectivity index (χ1n) is 12.1. The lowest BCUT2D eigenvalue weighted by Gasteiger charge is -2.48. The van der Waals surface area contributed by atoms with Crippen LogP contribution < -0.4 is 10.5 Å². The SMILES string of the molecule is Cc1c(OCCCN)ccc([C@H]2CCCC3CN(C(=O)c4cnc(C(F)(F)F)nc4)CCN32)c1C. The number of alkyl halides is 3. The third kappa shape index (κ3) is 5.43. The Balaban J connectivity index is 1.45. The van der Waals surface area contributed by atoms with E-state index < -0.39 is 12.0 Å². The van der Waals surface area contributed by atoms with Crippen LogP contribution in [0.1, 0.15) is 64.6 Å². The molecule has 1 aromatic carbocycles. The molecule has 2 aliphatic heterocycles. The summed E-state index contributed by atoms with van der Waals surface area (Å²) < 4.78 is 44.1. The molecular weight excluding hydrogens is 459 g/mol. The molecule has 2 aliphatic rings. The van der Waals surface area contributed by atoms with Gasteiger partial charge in [0, 0.05) is 44.1 Å². The molecule has 2 aromatic rings. The molecule has 0 aliphatic carbocycles. The predicted molar refractivity (Wildman–Crippen MR) is 125 cm³/mol. The number of piperazine rings is 1. The van der Waals surface area contributed by atoms with E-state index in [9.17, 15) is 18.0 Å². The molecule has 2 atom stereocenters.